The van der Waals surface area contributed by atoms with Crippen molar-refractivity contribution >= 4 is 10.9 Å². The van der Waals surface area contributed by atoms with Crippen LogP contribution in [0.5, 0.6) is 11.5 Å². The number of rotatable bonds is 6. The Balaban J connectivity index is 1.18. The van der Waals surface area contributed by atoms with Gasteiger partial charge in [-0.1, -0.05) is 30.3 Å². The number of nitrogens with zero attached hydrogens (tertiary/aromatic N) is 4. The number of ether oxygens (including phenoxy) is 2. The normalized spacial score (nSPS) is 16.6. The number of para-hydroxylation sites is 1. The van der Waals surface area contributed by atoms with Crippen LogP contribution in [0.4, 0.5) is 0 Å². The van der Waals surface area contributed by atoms with E-state index in [1.807, 2.05) is 23.0 Å². The Bertz CT molecular complexity index is 1600. The number of hydrogen-bond donors (Lipinski definition) is 1. The van der Waals surface area contributed by atoms with Crippen LogP contribution in [0.25, 0.3) is 16.6 Å². The molecular weight excluding hydrogens is 476 g/mol. The van der Waals surface area contributed by atoms with E-state index in [-0.39, 0.29) is 12.8 Å². The lowest BCUT2D eigenvalue weighted by atomic mass is 9.85. The third-order valence-corrected chi connectivity index (χ3v) is 8.08. The van der Waals surface area contributed by atoms with E-state index in [2.05, 4.69) is 69.2 Å². The lowest BCUT2D eigenvalue weighted by Crippen LogP contribution is -2.39. The van der Waals surface area contributed by atoms with Crippen molar-refractivity contribution < 1.29 is 14.6 Å². The summed E-state index contributed by atoms with van der Waals surface area (Å²) in [6.45, 7) is 2.27. The Labute approximate surface area is 221 Å². The molecule has 0 radical (unpaired) electrons. The number of aliphatic hydroxyl groups excluding tert-OH is 1. The molecular formula is C31H30N4O3. The van der Waals surface area contributed by atoms with Gasteiger partial charge in [0.05, 0.1) is 18.3 Å². The molecule has 5 aromatic rings. The predicted octanol–water partition coefficient (Wildman–Crippen LogP) is 5.02. The summed E-state index contributed by atoms with van der Waals surface area (Å²) in [7, 11) is 1.71. The molecule has 7 nitrogen and oxygen atoms in total. The van der Waals surface area contributed by atoms with Crippen molar-refractivity contribution in [3.63, 3.8) is 0 Å². The Kier molecular flexibility index (Phi) is 5.68. The SMILES string of the molecule is COc1cc2c(cc1OCc1ccc(-n3cccn3)cc1)C1Cc3c(n(CO)c4ccccc34)CN1CC2. The molecule has 3 aromatic carbocycles. The summed E-state index contributed by atoms with van der Waals surface area (Å²) in [5.41, 5.74) is 8.43. The summed E-state index contributed by atoms with van der Waals surface area (Å²) in [5, 5.41) is 15.7. The number of benzene rings is 3. The largest absolute Gasteiger partial charge is 0.493 e. The van der Waals surface area contributed by atoms with Gasteiger partial charge in [-0.2, -0.15) is 5.10 Å². The Hall–Kier alpha value is -4.07. The van der Waals surface area contributed by atoms with E-state index < -0.39 is 0 Å². The highest BCUT2D eigenvalue weighted by Crippen LogP contribution is 2.44. The minimum absolute atomic E-state index is 0.00303. The van der Waals surface area contributed by atoms with Crippen LogP contribution in [0, 0.1) is 0 Å². The van der Waals surface area contributed by atoms with Gasteiger partial charge in [0.25, 0.3) is 0 Å². The van der Waals surface area contributed by atoms with Gasteiger partial charge in [0, 0.05) is 42.6 Å². The molecule has 7 heteroatoms. The van der Waals surface area contributed by atoms with Crippen molar-refractivity contribution in [3.05, 3.63) is 107 Å². The van der Waals surface area contributed by atoms with Crippen LogP contribution >= 0.6 is 0 Å². The predicted molar refractivity (Wildman–Crippen MR) is 146 cm³/mol. The Morgan fingerprint density at radius 2 is 1.89 bits per heavy atom. The van der Waals surface area contributed by atoms with Crippen molar-refractivity contribution in [1.29, 1.82) is 0 Å². The molecule has 0 amide bonds. The number of methoxy groups -OCH3 is 1. The molecule has 2 aliphatic heterocycles. The van der Waals surface area contributed by atoms with Crippen LogP contribution in [0.2, 0.25) is 0 Å². The Morgan fingerprint density at radius 1 is 1.03 bits per heavy atom. The van der Waals surface area contributed by atoms with Gasteiger partial charge in [-0.15, -0.1) is 0 Å². The average molecular weight is 507 g/mol. The number of fused-ring (bicyclic) bond motifs is 6. The molecule has 7 rings (SSSR count). The minimum Gasteiger partial charge on any atom is -0.493 e. The van der Waals surface area contributed by atoms with E-state index in [0.717, 1.165) is 54.2 Å². The van der Waals surface area contributed by atoms with E-state index in [9.17, 15) is 5.11 Å². The van der Waals surface area contributed by atoms with Crippen molar-refractivity contribution in [2.75, 3.05) is 13.7 Å². The minimum atomic E-state index is 0.00303. The fourth-order valence-electron chi connectivity index (χ4n) is 6.17. The first-order valence-electron chi connectivity index (χ1n) is 13.1. The number of aromatic nitrogens is 3. The molecule has 1 N–H and O–H groups in total. The van der Waals surface area contributed by atoms with Crippen LogP contribution in [-0.4, -0.2) is 38.0 Å². The zero-order chi connectivity index (χ0) is 25.6. The molecule has 192 valence electrons. The van der Waals surface area contributed by atoms with E-state index in [1.165, 1.54) is 27.8 Å². The molecule has 0 fully saturated rings. The van der Waals surface area contributed by atoms with Crippen molar-refractivity contribution in [2.24, 2.45) is 0 Å². The van der Waals surface area contributed by atoms with Crippen molar-refractivity contribution in [1.82, 2.24) is 19.2 Å². The lowest BCUT2D eigenvalue weighted by molar-refractivity contribution is 0.145. The second-order valence-corrected chi connectivity index (χ2v) is 10.1. The lowest BCUT2D eigenvalue weighted by Gasteiger charge is -2.41. The zero-order valence-electron chi connectivity index (χ0n) is 21.4. The summed E-state index contributed by atoms with van der Waals surface area (Å²) in [4.78, 5) is 2.54. The molecule has 0 saturated heterocycles. The quantitative estimate of drug-likeness (QED) is 0.350. The molecule has 2 aliphatic rings. The van der Waals surface area contributed by atoms with E-state index in [4.69, 9.17) is 9.47 Å². The molecule has 1 unspecified atom stereocenters. The molecule has 4 heterocycles. The fourth-order valence-corrected chi connectivity index (χ4v) is 6.17. The van der Waals surface area contributed by atoms with Gasteiger partial charge in [-0.25, -0.2) is 4.68 Å². The van der Waals surface area contributed by atoms with Gasteiger partial charge in [-0.05, 0) is 71.5 Å². The number of hydrogen-bond acceptors (Lipinski definition) is 5. The smallest absolute Gasteiger partial charge is 0.162 e. The molecule has 38 heavy (non-hydrogen) atoms. The zero-order valence-corrected chi connectivity index (χ0v) is 21.4. The molecule has 0 bridgehead atoms. The Morgan fingerprint density at radius 3 is 2.68 bits per heavy atom. The highest BCUT2D eigenvalue weighted by molar-refractivity contribution is 5.86. The monoisotopic (exact) mass is 506 g/mol. The van der Waals surface area contributed by atoms with Gasteiger partial charge in [0.1, 0.15) is 13.3 Å². The first-order chi connectivity index (χ1) is 18.7. The summed E-state index contributed by atoms with van der Waals surface area (Å²) in [6.07, 6.45) is 5.59. The van der Waals surface area contributed by atoms with Crippen LogP contribution in [-0.2, 0) is 32.7 Å². The maximum Gasteiger partial charge on any atom is 0.162 e. The van der Waals surface area contributed by atoms with E-state index >= 15 is 0 Å². The second-order valence-electron chi connectivity index (χ2n) is 10.1. The van der Waals surface area contributed by atoms with Crippen molar-refractivity contribution in [2.45, 2.75) is 38.8 Å². The first-order valence-corrected chi connectivity index (χ1v) is 13.1. The van der Waals surface area contributed by atoms with Gasteiger partial charge in [0.2, 0.25) is 0 Å². The maximum atomic E-state index is 10.2. The highest BCUT2D eigenvalue weighted by Gasteiger charge is 2.35. The van der Waals surface area contributed by atoms with Gasteiger partial charge >= 0.3 is 0 Å². The fraction of sp³-hybridized carbons (Fsp3) is 0.258. The second kappa shape index (κ2) is 9.35. The van der Waals surface area contributed by atoms with Crippen LogP contribution in [0.1, 0.15) is 34.0 Å². The molecule has 1 atom stereocenters. The molecule has 0 spiro atoms. The van der Waals surface area contributed by atoms with Crippen molar-refractivity contribution in [3.8, 4) is 17.2 Å². The summed E-state index contributed by atoms with van der Waals surface area (Å²) < 4.78 is 16.0. The summed E-state index contributed by atoms with van der Waals surface area (Å²) >= 11 is 0. The van der Waals surface area contributed by atoms with Crippen LogP contribution in [0.15, 0.2) is 79.1 Å². The van der Waals surface area contributed by atoms with Crippen LogP contribution < -0.4 is 9.47 Å². The average Bonchev–Trinajstić information content (AvgIpc) is 3.61. The topological polar surface area (TPSA) is 64.7 Å². The molecule has 0 aliphatic carbocycles. The van der Waals surface area contributed by atoms with Gasteiger partial charge < -0.3 is 19.1 Å². The summed E-state index contributed by atoms with van der Waals surface area (Å²) in [6, 6.07) is 23.2. The van der Waals surface area contributed by atoms with Gasteiger partial charge in [0.15, 0.2) is 11.5 Å². The van der Waals surface area contributed by atoms with E-state index in [0.29, 0.717) is 6.61 Å². The van der Waals surface area contributed by atoms with Gasteiger partial charge in [-0.3, -0.25) is 4.90 Å². The first kappa shape index (κ1) is 23.1. The summed E-state index contributed by atoms with van der Waals surface area (Å²) in [5.74, 6) is 1.55. The highest BCUT2D eigenvalue weighted by atomic mass is 16.5. The maximum absolute atomic E-state index is 10.2. The third kappa shape index (κ3) is 3.78. The standard InChI is InChI=1S/C31H30N4O3/c1-37-30-15-22-11-14-33-18-29-26(24-5-2-3-6-27(24)34(29)20-36)16-28(33)25(22)17-31(30)38-19-21-7-9-23(10-8-21)35-13-4-12-32-35/h2-10,12-13,15,17,28,36H,11,14,16,18-20H2,1H3. The molecule has 0 saturated carbocycles. The van der Waals surface area contributed by atoms with Crippen LogP contribution in [0.3, 0.4) is 0 Å². The molecule has 2 aromatic heterocycles. The number of aliphatic hydroxyl groups is 1. The third-order valence-electron chi connectivity index (χ3n) is 8.08. The van der Waals surface area contributed by atoms with E-state index in [1.54, 1.807) is 13.3 Å².